The van der Waals surface area contributed by atoms with Crippen molar-refractivity contribution >= 4 is 0 Å². The minimum atomic E-state index is 0.0415. The molecule has 1 aromatic carbocycles. The van der Waals surface area contributed by atoms with Gasteiger partial charge in [-0.1, -0.05) is 19.9 Å². The third-order valence-electron chi connectivity index (χ3n) is 3.42. The summed E-state index contributed by atoms with van der Waals surface area (Å²) in [7, 11) is 0. The van der Waals surface area contributed by atoms with Crippen LogP contribution >= 0.6 is 0 Å². The monoisotopic (exact) mass is 264 g/mol. The lowest BCUT2D eigenvalue weighted by atomic mass is 9.84. The standard InChI is InChI=1S/C15H24N2O2/c1-15(2,11-17-7-6-16)12-4-5-13-14(10-12)19-9-3-8-18-13/h4-5,10,17H,3,6-9,11,16H2,1-2H3. The van der Waals surface area contributed by atoms with Crippen LogP contribution in [0.1, 0.15) is 25.8 Å². The van der Waals surface area contributed by atoms with Gasteiger partial charge in [-0.05, 0) is 17.7 Å². The number of hydrogen-bond acceptors (Lipinski definition) is 4. The molecule has 3 N–H and O–H groups in total. The quantitative estimate of drug-likeness (QED) is 0.794. The van der Waals surface area contributed by atoms with E-state index in [1.165, 1.54) is 5.56 Å². The van der Waals surface area contributed by atoms with Crippen LogP contribution in [-0.2, 0) is 5.41 Å². The normalized spacial score (nSPS) is 15.1. The zero-order chi connectivity index (χ0) is 13.7. The molecule has 2 rings (SSSR count). The third kappa shape index (κ3) is 3.61. The molecule has 0 amide bonds. The van der Waals surface area contributed by atoms with Gasteiger partial charge < -0.3 is 20.5 Å². The average molecular weight is 264 g/mol. The Bertz CT molecular complexity index is 419. The number of ether oxygens (including phenoxy) is 2. The van der Waals surface area contributed by atoms with Crippen LogP contribution in [0, 0.1) is 0 Å². The average Bonchev–Trinajstić information content (AvgIpc) is 2.63. The molecule has 106 valence electrons. The summed E-state index contributed by atoms with van der Waals surface area (Å²) in [6, 6.07) is 6.24. The zero-order valence-electron chi connectivity index (χ0n) is 11.9. The zero-order valence-corrected chi connectivity index (χ0v) is 11.9. The molecule has 0 spiro atoms. The number of nitrogens with two attached hydrogens (primary N) is 1. The van der Waals surface area contributed by atoms with E-state index in [-0.39, 0.29) is 5.41 Å². The molecule has 0 aliphatic carbocycles. The lowest BCUT2D eigenvalue weighted by molar-refractivity contribution is 0.296. The smallest absolute Gasteiger partial charge is 0.161 e. The Morgan fingerprint density at radius 2 is 1.95 bits per heavy atom. The Kier molecular flexibility index (Phi) is 4.66. The maximum atomic E-state index is 5.74. The highest BCUT2D eigenvalue weighted by Crippen LogP contribution is 2.34. The summed E-state index contributed by atoms with van der Waals surface area (Å²) in [5, 5.41) is 3.37. The molecule has 0 aromatic heterocycles. The van der Waals surface area contributed by atoms with Crippen molar-refractivity contribution in [1.29, 1.82) is 0 Å². The van der Waals surface area contributed by atoms with Crippen LogP contribution < -0.4 is 20.5 Å². The van der Waals surface area contributed by atoms with Gasteiger partial charge in [-0.25, -0.2) is 0 Å². The molecule has 0 saturated carbocycles. The third-order valence-corrected chi connectivity index (χ3v) is 3.42. The molecule has 19 heavy (non-hydrogen) atoms. The Balaban J connectivity index is 2.13. The molecule has 1 aromatic rings. The summed E-state index contributed by atoms with van der Waals surface area (Å²) in [5.74, 6) is 1.72. The van der Waals surface area contributed by atoms with E-state index in [0.29, 0.717) is 6.54 Å². The number of nitrogens with one attached hydrogen (secondary N) is 1. The largest absolute Gasteiger partial charge is 0.490 e. The van der Waals surface area contributed by atoms with Gasteiger partial charge in [-0.2, -0.15) is 0 Å². The Hall–Kier alpha value is -1.26. The van der Waals surface area contributed by atoms with Crippen LogP contribution in [0.2, 0.25) is 0 Å². The fourth-order valence-corrected chi connectivity index (χ4v) is 2.19. The highest BCUT2D eigenvalue weighted by atomic mass is 16.5. The lowest BCUT2D eigenvalue weighted by Crippen LogP contribution is -2.35. The van der Waals surface area contributed by atoms with Gasteiger partial charge in [-0.15, -0.1) is 0 Å². The predicted molar refractivity (Wildman–Crippen MR) is 77.0 cm³/mol. The van der Waals surface area contributed by atoms with E-state index in [1.54, 1.807) is 0 Å². The van der Waals surface area contributed by atoms with Crippen LogP contribution in [-0.4, -0.2) is 32.8 Å². The van der Waals surface area contributed by atoms with Crippen molar-refractivity contribution in [2.75, 3.05) is 32.8 Å². The Morgan fingerprint density at radius 3 is 2.68 bits per heavy atom. The van der Waals surface area contributed by atoms with Crippen molar-refractivity contribution in [2.24, 2.45) is 5.73 Å². The van der Waals surface area contributed by atoms with Gasteiger partial charge in [-0.3, -0.25) is 0 Å². The van der Waals surface area contributed by atoms with Gasteiger partial charge in [0.25, 0.3) is 0 Å². The summed E-state index contributed by atoms with van der Waals surface area (Å²) in [6.45, 7) is 8.29. The number of hydrogen-bond donors (Lipinski definition) is 2. The summed E-state index contributed by atoms with van der Waals surface area (Å²) < 4.78 is 11.4. The first-order valence-corrected chi connectivity index (χ1v) is 6.94. The summed E-state index contributed by atoms with van der Waals surface area (Å²) in [4.78, 5) is 0. The summed E-state index contributed by atoms with van der Waals surface area (Å²) in [6.07, 6.45) is 0.936. The van der Waals surface area contributed by atoms with Gasteiger partial charge >= 0.3 is 0 Å². The van der Waals surface area contributed by atoms with Crippen LogP contribution in [0.5, 0.6) is 11.5 Å². The molecule has 0 saturated heterocycles. The van der Waals surface area contributed by atoms with Gasteiger partial charge in [0.15, 0.2) is 11.5 Å². The van der Waals surface area contributed by atoms with E-state index in [1.807, 2.05) is 6.07 Å². The first kappa shape index (κ1) is 14.2. The van der Waals surface area contributed by atoms with Gasteiger partial charge in [0.05, 0.1) is 13.2 Å². The molecule has 0 radical (unpaired) electrons. The SMILES string of the molecule is CC(C)(CNCCN)c1ccc2c(c1)OCCCO2. The van der Waals surface area contributed by atoms with Crippen LogP contribution in [0.3, 0.4) is 0 Å². The fourth-order valence-electron chi connectivity index (χ4n) is 2.19. The van der Waals surface area contributed by atoms with Crippen molar-refractivity contribution in [3.8, 4) is 11.5 Å². The second kappa shape index (κ2) is 6.26. The molecule has 0 bridgehead atoms. The summed E-state index contributed by atoms with van der Waals surface area (Å²) in [5.41, 5.74) is 6.80. The lowest BCUT2D eigenvalue weighted by Gasteiger charge is -2.26. The molecule has 1 aliphatic rings. The molecular formula is C15H24N2O2. The number of benzene rings is 1. The molecule has 1 heterocycles. The molecule has 1 aliphatic heterocycles. The van der Waals surface area contributed by atoms with Gasteiger partial charge in [0.1, 0.15) is 0 Å². The van der Waals surface area contributed by atoms with E-state index >= 15 is 0 Å². The van der Waals surface area contributed by atoms with Gasteiger partial charge in [0.2, 0.25) is 0 Å². The van der Waals surface area contributed by atoms with E-state index in [2.05, 4.69) is 31.3 Å². The maximum absolute atomic E-state index is 5.74. The molecular weight excluding hydrogens is 240 g/mol. The topological polar surface area (TPSA) is 56.5 Å². The summed E-state index contributed by atoms with van der Waals surface area (Å²) >= 11 is 0. The van der Waals surface area contributed by atoms with E-state index in [4.69, 9.17) is 15.2 Å². The fraction of sp³-hybridized carbons (Fsp3) is 0.600. The van der Waals surface area contributed by atoms with Crippen LogP contribution in [0.15, 0.2) is 18.2 Å². The molecule has 0 unspecified atom stereocenters. The van der Waals surface area contributed by atoms with E-state index in [9.17, 15) is 0 Å². The maximum Gasteiger partial charge on any atom is 0.161 e. The highest BCUT2D eigenvalue weighted by molar-refractivity contribution is 5.45. The highest BCUT2D eigenvalue weighted by Gasteiger charge is 2.22. The molecule has 4 heteroatoms. The first-order chi connectivity index (χ1) is 9.13. The Labute approximate surface area is 115 Å². The van der Waals surface area contributed by atoms with E-state index < -0.39 is 0 Å². The van der Waals surface area contributed by atoms with Crippen LogP contribution in [0.25, 0.3) is 0 Å². The van der Waals surface area contributed by atoms with Gasteiger partial charge in [0, 0.05) is 31.5 Å². The van der Waals surface area contributed by atoms with E-state index in [0.717, 1.165) is 44.2 Å². The van der Waals surface area contributed by atoms with Crippen molar-refractivity contribution in [2.45, 2.75) is 25.7 Å². The minimum absolute atomic E-state index is 0.0415. The molecule has 0 fully saturated rings. The predicted octanol–water partition coefficient (Wildman–Crippen LogP) is 1.67. The van der Waals surface area contributed by atoms with Crippen molar-refractivity contribution < 1.29 is 9.47 Å². The number of fused-ring (bicyclic) bond motifs is 1. The number of rotatable bonds is 5. The Morgan fingerprint density at radius 1 is 1.21 bits per heavy atom. The second-order valence-electron chi connectivity index (χ2n) is 5.56. The minimum Gasteiger partial charge on any atom is -0.490 e. The second-order valence-corrected chi connectivity index (χ2v) is 5.56. The first-order valence-electron chi connectivity index (χ1n) is 6.94. The molecule has 4 nitrogen and oxygen atoms in total. The van der Waals surface area contributed by atoms with Crippen molar-refractivity contribution in [3.05, 3.63) is 23.8 Å². The molecule has 0 atom stereocenters. The van der Waals surface area contributed by atoms with Crippen molar-refractivity contribution in [3.63, 3.8) is 0 Å². The van der Waals surface area contributed by atoms with Crippen LogP contribution in [0.4, 0.5) is 0 Å². The van der Waals surface area contributed by atoms with Crippen molar-refractivity contribution in [1.82, 2.24) is 5.32 Å².